The smallest absolute Gasteiger partial charge is 0.324 e. The maximum atomic E-state index is 12.9. The van der Waals surface area contributed by atoms with Gasteiger partial charge >= 0.3 is 6.18 Å². The van der Waals surface area contributed by atoms with E-state index >= 15 is 0 Å². The highest BCUT2D eigenvalue weighted by molar-refractivity contribution is 8.01. The highest BCUT2D eigenvalue weighted by atomic mass is 35.5. The van der Waals surface area contributed by atoms with Gasteiger partial charge in [-0.3, -0.25) is 14.9 Å². The second-order valence-electron chi connectivity index (χ2n) is 6.88. The van der Waals surface area contributed by atoms with E-state index in [1.807, 2.05) is 30.3 Å². The molecule has 0 bridgehead atoms. The zero-order chi connectivity index (χ0) is 24.3. The first kappa shape index (κ1) is 24.0. The van der Waals surface area contributed by atoms with Gasteiger partial charge in [-0.25, -0.2) is 0 Å². The minimum absolute atomic E-state index is 0.0132. The molecule has 1 heterocycles. The van der Waals surface area contributed by atoms with Gasteiger partial charge in [0.2, 0.25) is 11.0 Å². The Labute approximate surface area is 204 Å². The zero-order valence-corrected chi connectivity index (χ0v) is 19.4. The second kappa shape index (κ2) is 10.00. The minimum atomic E-state index is -4.56. The van der Waals surface area contributed by atoms with Crippen molar-refractivity contribution in [1.82, 2.24) is 10.2 Å². The van der Waals surface area contributed by atoms with Gasteiger partial charge < -0.3 is 5.32 Å². The molecule has 0 fully saturated rings. The van der Waals surface area contributed by atoms with Gasteiger partial charge in [-0.2, -0.15) is 13.2 Å². The lowest BCUT2D eigenvalue weighted by Gasteiger charge is -2.11. The van der Waals surface area contributed by atoms with Gasteiger partial charge in [-0.05, 0) is 35.0 Å². The number of anilines is 2. The Morgan fingerprint density at radius 3 is 2.56 bits per heavy atom. The van der Waals surface area contributed by atoms with E-state index in [1.54, 1.807) is 12.1 Å². The minimum Gasteiger partial charge on any atom is -0.324 e. The number of thioether (sulfide) groups is 1. The van der Waals surface area contributed by atoms with Crippen molar-refractivity contribution >= 4 is 68.1 Å². The van der Waals surface area contributed by atoms with Crippen LogP contribution in [0, 0.1) is 0 Å². The third-order valence-corrected chi connectivity index (χ3v) is 6.86. The predicted octanol–water partition coefficient (Wildman–Crippen LogP) is 6.35. The summed E-state index contributed by atoms with van der Waals surface area (Å²) in [5, 5.41) is 14.9. The number of fused-ring (bicyclic) bond motifs is 1. The first-order chi connectivity index (χ1) is 16.2. The molecule has 1 aromatic heterocycles. The Bertz CT molecular complexity index is 1370. The molecule has 0 spiro atoms. The highest BCUT2D eigenvalue weighted by Crippen LogP contribution is 2.34. The van der Waals surface area contributed by atoms with Crippen molar-refractivity contribution in [1.29, 1.82) is 0 Å². The van der Waals surface area contributed by atoms with E-state index in [4.69, 9.17) is 11.6 Å². The maximum Gasteiger partial charge on any atom is 0.416 e. The SMILES string of the molecule is O=C(CSc1nnc(NC(=O)c2cccc3ccccc23)s1)Nc1cc(C(F)(F)F)ccc1Cl. The summed E-state index contributed by atoms with van der Waals surface area (Å²) in [5.41, 5.74) is -0.571. The van der Waals surface area contributed by atoms with Crippen LogP contribution in [-0.4, -0.2) is 27.8 Å². The van der Waals surface area contributed by atoms with Crippen molar-refractivity contribution in [3.8, 4) is 0 Å². The van der Waals surface area contributed by atoms with Crippen LogP contribution in [0.2, 0.25) is 5.02 Å². The van der Waals surface area contributed by atoms with Gasteiger partial charge in [-0.1, -0.05) is 71.1 Å². The number of nitrogens with zero attached hydrogens (tertiary/aromatic N) is 2. The maximum absolute atomic E-state index is 12.9. The molecule has 6 nitrogen and oxygen atoms in total. The van der Waals surface area contributed by atoms with Gasteiger partial charge in [-0.15, -0.1) is 10.2 Å². The third-order valence-electron chi connectivity index (χ3n) is 4.56. The van der Waals surface area contributed by atoms with Gasteiger partial charge in [0.1, 0.15) is 0 Å². The lowest BCUT2D eigenvalue weighted by molar-refractivity contribution is -0.137. The molecule has 0 aliphatic heterocycles. The van der Waals surface area contributed by atoms with Crippen molar-refractivity contribution in [3.05, 3.63) is 76.8 Å². The number of hydrogen-bond donors (Lipinski definition) is 2. The zero-order valence-electron chi connectivity index (χ0n) is 17.0. The average molecular weight is 523 g/mol. The van der Waals surface area contributed by atoms with E-state index in [0.29, 0.717) is 9.90 Å². The molecule has 0 atom stereocenters. The molecular weight excluding hydrogens is 509 g/mol. The number of alkyl halides is 3. The molecule has 0 aliphatic carbocycles. The van der Waals surface area contributed by atoms with Crippen molar-refractivity contribution in [2.75, 3.05) is 16.4 Å². The van der Waals surface area contributed by atoms with E-state index in [-0.39, 0.29) is 27.5 Å². The van der Waals surface area contributed by atoms with Crippen LogP contribution >= 0.6 is 34.7 Å². The summed E-state index contributed by atoms with van der Waals surface area (Å²) in [5.74, 6) is -1.05. The van der Waals surface area contributed by atoms with Crippen molar-refractivity contribution in [3.63, 3.8) is 0 Å². The molecule has 0 unspecified atom stereocenters. The number of carbonyl (C=O) groups is 2. The van der Waals surface area contributed by atoms with E-state index in [2.05, 4.69) is 20.8 Å². The molecular formula is C22H14ClF3N4O2S2. The number of amides is 2. The Morgan fingerprint density at radius 2 is 1.76 bits per heavy atom. The summed E-state index contributed by atoms with van der Waals surface area (Å²) in [6, 6.07) is 15.6. The largest absolute Gasteiger partial charge is 0.416 e. The lowest BCUT2D eigenvalue weighted by atomic mass is 10.0. The van der Waals surface area contributed by atoms with Gasteiger partial charge in [0, 0.05) is 5.56 Å². The van der Waals surface area contributed by atoms with Crippen LogP contribution in [0.15, 0.2) is 65.0 Å². The molecule has 0 saturated heterocycles. The third kappa shape index (κ3) is 5.66. The monoisotopic (exact) mass is 522 g/mol. The fourth-order valence-electron chi connectivity index (χ4n) is 3.02. The first-order valence-corrected chi connectivity index (χ1v) is 11.8. The van der Waals surface area contributed by atoms with Crippen LogP contribution in [0.1, 0.15) is 15.9 Å². The predicted molar refractivity (Wildman–Crippen MR) is 128 cm³/mol. The Hall–Kier alpha value is -3.15. The van der Waals surface area contributed by atoms with Crippen LogP contribution < -0.4 is 10.6 Å². The number of aromatic nitrogens is 2. The van der Waals surface area contributed by atoms with Gasteiger partial charge in [0.15, 0.2) is 4.34 Å². The molecule has 3 aromatic carbocycles. The van der Waals surface area contributed by atoms with Crippen LogP contribution in [-0.2, 0) is 11.0 Å². The number of benzene rings is 3. The molecule has 2 amide bonds. The van der Waals surface area contributed by atoms with Crippen molar-refractivity contribution in [2.24, 2.45) is 0 Å². The lowest BCUT2D eigenvalue weighted by Crippen LogP contribution is -2.15. The molecule has 12 heteroatoms. The summed E-state index contributed by atoms with van der Waals surface area (Å²) >= 11 is 8.00. The first-order valence-electron chi connectivity index (χ1n) is 9.63. The molecule has 0 radical (unpaired) electrons. The molecule has 34 heavy (non-hydrogen) atoms. The van der Waals surface area contributed by atoms with E-state index in [9.17, 15) is 22.8 Å². The fourth-order valence-corrected chi connectivity index (χ4v) is 4.73. The fraction of sp³-hybridized carbons (Fsp3) is 0.0909. The van der Waals surface area contributed by atoms with E-state index in [1.165, 1.54) is 0 Å². The highest BCUT2D eigenvalue weighted by Gasteiger charge is 2.31. The summed E-state index contributed by atoms with van der Waals surface area (Å²) < 4.78 is 39.0. The van der Waals surface area contributed by atoms with Crippen LogP contribution in [0.3, 0.4) is 0 Å². The summed E-state index contributed by atoms with van der Waals surface area (Å²) in [4.78, 5) is 24.9. The number of hydrogen-bond acceptors (Lipinski definition) is 6. The Balaban J connectivity index is 1.36. The van der Waals surface area contributed by atoms with Crippen LogP contribution in [0.4, 0.5) is 24.0 Å². The van der Waals surface area contributed by atoms with Gasteiger partial charge in [0.25, 0.3) is 5.91 Å². The standard InChI is InChI=1S/C22H14ClF3N4O2S2/c23-16-9-8-13(22(24,25)26)10-17(16)27-18(31)11-33-21-30-29-20(34-21)28-19(32)15-7-3-5-12-4-1-2-6-14(12)15/h1-10H,11H2,(H,27,31)(H,28,29,32). The summed E-state index contributed by atoms with van der Waals surface area (Å²) in [6.45, 7) is 0. The number of halogens is 4. The van der Waals surface area contributed by atoms with Crippen molar-refractivity contribution < 1.29 is 22.8 Å². The molecule has 4 aromatic rings. The normalized spacial score (nSPS) is 11.4. The van der Waals surface area contributed by atoms with Gasteiger partial charge in [0.05, 0.1) is 22.0 Å². The van der Waals surface area contributed by atoms with E-state index in [0.717, 1.165) is 52.1 Å². The van der Waals surface area contributed by atoms with Crippen molar-refractivity contribution in [2.45, 2.75) is 10.5 Å². The summed E-state index contributed by atoms with van der Waals surface area (Å²) in [6.07, 6.45) is -4.56. The number of rotatable bonds is 6. The quantitative estimate of drug-likeness (QED) is 0.228. The summed E-state index contributed by atoms with van der Waals surface area (Å²) in [7, 11) is 0. The number of carbonyl (C=O) groups excluding carboxylic acids is 2. The van der Waals surface area contributed by atoms with Crippen LogP contribution in [0.5, 0.6) is 0 Å². The van der Waals surface area contributed by atoms with E-state index < -0.39 is 17.6 Å². The molecule has 0 aliphatic rings. The molecule has 2 N–H and O–H groups in total. The molecule has 0 saturated carbocycles. The number of nitrogens with one attached hydrogen (secondary N) is 2. The molecule has 174 valence electrons. The topological polar surface area (TPSA) is 84.0 Å². The molecule has 4 rings (SSSR count). The Kier molecular flexibility index (Phi) is 7.05. The average Bonchev–Trinajstić information content (AvgIpc) is 3.25. The second-order valence-corrected chi connectivity index (χ2v) is 9.49. The van der Waals surface area contributed by atoms with Crippen LogP contribution in [0.25, 0.3) is 10.8 Å². The Morgan fingerprint density at radius 1 is 1.00 bits per heavy atom.